The predicted molar refractivity (Wildman–Crippen MR) is 302 cm³/mol. The van der Waals surface area contributed by atoms with Crippen molar-refractivity contribution in [1.29, 1.82) is 0 Å². The lowest BCUT2D eigenvalue weighted by atomic mass is 10.0. The van der Waals surface area contributed by atoms with Crippen LogP contribution < -0.4 is 42.5 Å². The number of hydrogen-bond donors (Lipinski definition) is 13. The molecule has 3 unspecified atom stereocenters. The van der Waals surface area contributed by atoms with Crippen LogP contribution in [0.2, 0.25) is 0 Å². The zero-order valence-electron chi connectivity index (χ0n) is 48.5. The van der Waals surface area contributed by atoms with Crippen LogP contribution in [-0.2, 0) is 57.3 Å². The van der Waals surface area contributed by atoms with Gasteiger partial charge in [-0.15, -0.1) is 0 Å². The van der Waals surface area contributed by atoms with Crippen LogP contribution in [0.1, 0.15) is 173 Å². The van der Waals surface area contributed by atoms with E-state index in [0.29, 0.717) is 149 Å². The van der Waals surface area contributed by atoms with Crippen molar-refractivity contribution in [3.05, 3.63) is 0 Å². The van der Waals surface area contributed by atoms with Gasteiger partial charge in [0.25, 0.3) is 0 Å². The van der Waals surface area contributed by atoms with Crippen LogP contribution in [0, 0.1) is 0 Å². The Bertz CT molecular complexity index is 1580. The number of carbonyl (C=O) groups is 8. The normalized spacial score (nSPS) is 15.1. The minimum atomic E-state index is -1.30. The van der Waals surface area contributed by atoms with E-state index in [1.807, 2.05) is 0 Å². The van der Waals surface area contributed by atoms with Gasteiger partial charge in [0.15, 0.2) is 0 Å². The molecule has 8 amide bonds. The Balaban J connectivity index is 2.84. The van der Waals surface area contributed by atoms with Crippen LogP contribution in [0.15, 0.2) is 0 Å². The Kier molecular flexibility index (Phi) is 46.9. The number of nitrogens with one attached hydrogen (secondary N) is 8. The third kappa shape index (κ3) is 43.7. The SMILES string of the molecule is O=C(CCCCO)NCCCNC(=O)CCOCC(COCCC(=O)NCCCNC(=O)CCCCO)(COCCC(=O)NCCCNC(=O)CCCCO)NC(=O)CCCCCCCCCCC(=O)NCC1CCC(O)C(CO)O1. The molecule has 1 rings (SSSR count). The van der Waals surface area contributed by atoms with E-state index in [0.717, 1.165) is 44.9 Å². The smallest absolute Gasteiger partial charge is 0.222 e. The van der Waals surface area contributed by atoms with Gasteiger partial charge in [0.2, 0.25) is 47.3 Å². The second-order valence-electron chi connectivity index (χ2n) is 20.7. The van der Waals surface area contributed by atoms with Crippen LogP contribution >= 0.6 is 0 Å². The van der Waals surface area contributed by atoms with E-state index in [9.17, 15) is 48.6 Å². The van der Waals surface area contributed by atoms with Gasteiger partial charge in [0, 0.05) is 117 Å². The highest BCUT2D eigenvalue weighted by atomic mass is 16.5. The number of aliphatic hydroxyl groups excluding tert-OH is 5. The Hall–Kier alpha value is -4.60. The van der Waals surface area contributed by atoms with E-state index in [2.05, 4.69) is 42.5 Å². The second kappa shape index (κ2) is 51.1. The summed E-state index contributed by atoms with van der Waals surface area (Å²) < 4.78 is 23.8. The lowest BCUT2D eigenvalue weighted by Gasteiger charge is -2.34. The van der Waals surface area contributed by atoms with E-state index in [1.54, 1.807) is 0 Å². The lowest BCUT2D eigenvalue weighted by Crippen LogP contribution is -2.58. The number of aliphatic hydroxyl groups is 5. The van der Waals surface area contributed by atoms with Crippen molar-refractivity contribution in [1.82, 2.24) is 42.5 Å². The van der Waals surface area contributed by atoms with Crippen molar-refractivity contribution in [3.8, 4) is 0 Å². The summed E-state index contributed by atoms with van der Waals surface area (Å²) in [4.78, 5) is 100. The first-order valence-electron chi connectivity index (χ1n) is 29.9. The van der Waals surface area contributed by atoms with Gasteiger partial charge in [0.1, 0.15) is 11.6 Å². The number of ether oxygens (including phenoxy) is 4. The first-order chi connectivity index (χ1) is 39.3. The summed E-state index contributed by atoms with van der Waals surface area (Å²) in [6.45, 7) is 1.77. The first-order valence-corrected chi connectivity index (χ1v) is 29.9. The molecule has 0 aromatic heterocycles. The van der Waals surface area contributed by atoms with E-state index < -0.39 is 17.7 Å². The quantitative estimate of drug-likeness (QED) is 0.0365. The maximum Gasteiger partial charge on any atom is 0.222 e. The summed E-state index contributed by atoms with van der Waals surface area (Å²) in [6.07, 6.45) is 12.9. The maximum atomic E-state index is 13.7. The van der Waals surface area contributed by atoms with Crippen molar-refractivity contribution in [2.24, 2.45) is 0 Å². The molecule has 1 aliphatic heterocycles. The third-order valence-corrected chi connectivity index (χ3v) is 13.2. The van der Waals surface area contributed by atoms with Crippen LogP contribution in [0.3, 0.4) is 0 Å². The van der Waals surface area contributed by atoms with Gasteiger partial charge in [0.05, 0.1) is 58.5 Å². The van der Waals surface area contributed by atoms with Crippen molar-refractivity contribution in [2.75, 3.05) is 112 Å². The largest absolute Gasteiger partial charge is 0.396 e. The van der Waals surface area contributed by atoms with Crippen LogP contribution in [-0.4, -0.2) is 209 Å². The van der Waals surface area contributed by atoms with Gasteiger partial charge >= 0.3 is 0 Å². The Morgan fingerprint density at radius 3 is 1.04 bits per heavy atom. The summed E-state index contributed by atoms with van der Waals surface area (Å²) in [7, 11) is 0. The fourth-order valence-electron chi connectivity index (χ4n) is 8.45. The molecule has 0 aromatic rings. The molecular weight excluding hydrogens is 1060 g/mol. The predicted octanol–water partition coefficient (Wildman–Crippen LogP) is 0.335. The summed E-state index contributed by atoms with van der Waals surface area (Å²) >= 11 is 0. The molecule has 13 N–H and O–H groups in total. The van der Waals surface area contributed by atoms with Gasteiger partial charge in [-0.25, -0.2) is 0 Å². The summed E-state index contributed by atoms with van der Waals surface area (Å²) in [6, 6.07) is 0. The molecule has 81 heavy (non-hydrogen) atoms. The fraction of sp³-hybridized carbons (Fsp3) is 0.857. The molecule has 3 atom stereocenters. The van der Waals surface area contributed by atoms with Crippen molar-refractivity contribution < 1.29 is 82.8 Å². The molecule has 0 aromatic carbocycles. The van der Waals surface area contributed by atoms with Crippen molar-refractivity contribution in [3.63, 3.8) is 0 Å². The van der Waals surface area contributed by atoms with Crippen molar-refractivity contribution >= 4 is 47.3 Å². The molecular formula is C56H104N8O17. The van der Waals surface area contributed by atoms with E-state index in [-0.39, 0.29) is 145 Å². The fourth-order valence-corrected chi connectivity index (χ4v) is 8.45. The van der Waals surface area contributed by atoms with E-state index >= 15 is 0 Å². The number of amides is 8. The highest BCUT2D eigenvalue weighted by Crippen LogP contribution is 2.19. The molecule has 0 spiro atoms. The molecule has 0 radical (unpaired) electrons. The molecule has 0 aliphatic carbocycles. The van der Waals surface area contributed by atoms with Crippen LogP contribution in [0.5, 0.6) is 0 Å². The number of rotatable bonds is 54. The van der Waals surface area contributed by atoms with Crippen molar-refractivity contribution in [2.45, 2.75) is 197 Å². The average Bonchev–Trinajstić information content (AvgIpc) is 3.46. The zero-order valence-corrected chi connectivity index (χ0v) is 48.5. The molecule has 1 saturated heterocycles. The molecule has 0 bridgehead atoms. The maximum absolute atomic E-state index is 13.7. The topological polar surface area (TPSA) is 371 Å². The van der Waals surface area contributed by atoms with Crippen LogP contribution in [0.25, 0.3) is 0 Å². The highest BCUT2D eigenvalue weighted by molar-refractivity contribution is 5.79. The van der Waals surface area contributed by atoms with Crippen LogP contribution in [0.4, 0.5) is 0 Å². The average molecular weight is 1160 g/mol. The number of carbonyl (C=O) groups excluding carboxylic acids is 8. The van der Waals surface area contributed by atoms with Gasteiger partial charge < -0.3 is 87.0 Å². The molecule has 470 valence electrons. The minimum absolute atomic E-state index is 0.00790. The van der Waals surface area contributed by atoms with Gasteiger partial charge in [-0.2, -0.15) is 0 Å². The second-order valence-corrected chi connectivity index (χ2v) is 20.7. The Morgan fingerprint density at radius 2 is 0.691 bits per heavy atom. The molecule has 1 aliphatic rings. The van der Waals surface area contributed by atoms with Gasteiger partial charge in [-0.3, -0.25) is 38.4 Å². The molecule has 25 nitrogen and oxygen atoms in total. The molecule has 25 heteroatoms. The first kappa shape index (κ1) is 74.4. The third-order valence-electron chi connectivity index (χ3n) is 13.2. The number of hydrogen-bond acceptors (Lipinski definition) is 17. The summed E-state index contributed by atoms with van der Waals surface area (Å²) in [5, 5.41) is 68.8. The van der Waals surface area contributed by atoms with E-state index in [4.69, 9.17) is 34.3 Å². The molecule has 1 heterocycles. The monoisotopic (exact) mass is 1160 g/mol. The Morgan fingerprint density at radius 1 is 0.383 bits per heavy atom. The van der Waals surface area contributed by atoms with E-state index in [1.165, 1.54) is 0 Å². The lowest BCUT2D eigenvalue weighted by molar-refractivity contribution is -0.136. The molecule has 1 fully saturated rings. The zero-order chi connectivity index (χ0) is 59.4. The standard InChI is InChI=1S/C56H104N8O17/c65-34-12-9-19-48(70)57-28-15-31-60-52(74)25-37-78-42-56(43-79-38-26-53(75)61-32-16-29-58-49(71)20-10-13-35-66,44-80-39-27-54(76)62-33-17-30-59-50(72)21-11-14-36-67)64-55(77)22-8-6-4-2-1-3-5-7-18-51(73)63-40-45-23-24-46(69)47(41-68)81-45/h45-47,65-69H,1-44H2,(H,57,70)(H,58,71)(H,59,72)(H,60,74)(H,61,75)(H,62,76)(H,63,73)(H,64,77). The summed E-state index contributed by atoms with van der Waals surface area (Å²) in [5.74, 6) is -1.56. The van der Waals surface area contributed by atoms with Gasteiger partial charge in [-0.1, -0.05) is 38.5 Å². The summed E-state index contributed by atoms with van der Waals surface area (Å²) in [5.41, 5.74) is -1.30. The minimum Gasteiger partial charge on any atom is -0.396 e. The molecule has 0 saturated carbocycles. The number of unbranched alkanes of at least 4 members (excludes halogenated alkanes) is 10. The highest BCUT2D eigenvalue weighted by Gasteiger charge is 2.34. The Labute approximate surface area is 480 Å². The van der Waals surface area contributed by atoms with Gasteiger partial charge in [-0.05, 0) is 83.5 Å².